The Labute approximate surface area is 108 Å². The van der Waals surface area contributed by atoms with E-state index in [-0.39, 0.29) is 29.9 Å². The number of β-amino-alcohol motifs (C(OH)–C–C–N with tert-alkyl or cyclic N) is 1. The molecule has 8 nitrogen and oxygen atoms in total. The van der Waals surface area contributed by atoms with Gasteiger partial charge in [0.2, 0.25) is 11.8 Å². The summed E-state index contributed by atoms with van der Waals surface area (Å²) in [5, 5.41) is 17.2. The van der Waals surface area contributed by atoms with Gasteiger partial charge in [-0.15, -0.1) is 5.10 Å². The van der Waals surface area contributed by atoms with Crippen LogP contribution in [0.4, 0.5) is 11.8 Å². The first-order chi connectivity index (χ1) is 8.52. The number of anilines is 2. The number of carbonyl (C=O) groups is 1. The van der Waals surface area contributed by atoms with E-state index in [0.717, 1.165) is 0 Å². The molecule has 9 heteroatoms. The number of rotatable bonds is 2. The lowest BCUT2D eigenvalue weighted by molar-refractivity contribution is -0.296. The average Bonchev–Trinajstić information content (AvgIpc) is 2.74. The number of hydrogen-bond donors (Lipinski definition) is 2. The molecule has 1 aliphatic rings. The van der Waals surface area contributed by atoms with Crippen molar-refractivity contribution in [1.29, 1.82) is 0 Å². The summed E-state index contributed by atoms with van der Waals surface area (Å²) in [5.74, 6) is -0.232. The number of ether oxygens (including phenoxy) is 1. The van der Waals surface area contributed by atoms with Crippen molar-refractivity contribution >= 4 is 17.7 Å². The highest BCUT2D eigenvalue weighted by molar-refractivity contribution is 5.80. The molecule has 98 valence electrons. The maximum absolute atomic E-state index is 11.6. The second kappa shape index (κ2) is 4.91. The van der Waals surface area contributed by atoms with Gasteiger partial charge in [0, 0.05) is 13.0 Å². The summed E-state index contributed by atoms with van der Waals surface area (Å²) in [7, 11) is 1.28. The van der Waals surface area contributed by atoms with Crippen LogP contribution in [-0.2, 0) is 9.53 Å². The largest absolute Gasteiger partial charge is 0.467 e. The van der Waals surface area contributed by atoms with E-state index in [0.29, 0.717) is 0 Å². The minimum absolute atomic E-state index is 0.0694. The lowest BCUT2D eigenvalue weighted by Crippen LogP contribution is -2.38. The van der Waals surface area contributed by atoms with Gasteiger partial charge in [-0.05, 0) is 0 Å². The number of esters is 1. The van der Waals surface area contributed by atoms with Crippen LogP contribution in [0.2, 0.25) is 5.15 Å². The van der Waals surface area contributed by atoms with Crippen LogP contribution in [0.15, 0.2) is 0 Å². The van der Waals surface area contributed by atoms with Crippen LogP contribution >= 0.6 is 0 Å². The Bertz CT molecular complexity index is 472. The van der Waals surface area contributed by atoms with Gasteiger partial charge in [-0.25, -0.2) is 4.79 Å². The second-order valence-electron chi connectivity index (χ2n) is 3.88. The Kier molecular flexibility index (Phi) is 3.48. The SMILES string of the molecule is COC(=O)[C@@H]1C[C@@H](O)CN1c1nnc([ClH+])c(N)n1. The maximum atomic E-state index is 11.6. The van der Waals surface area contributed by atoms with E-state index in [2.05, 4.69) is 19.9 Å². The molecule has 1 aromatic rings. The molecule has 1 aromatic heterocycles. The molecule has 1 aliphatic heterocycles. The minimum Gasteiger partial charge on any atom is -0.467 e. The first-order valence-corrected chi connectivity index (χ1v) is 5.63. The number of aliphatic hydroxyl groups is 1. The molecule has 2 rings (SSSR count). The Hall–Kier alpha value is -1.67. The van der Waals surface area contributed by atoms with E-state index in [9.17, 15) is 9.90 Å². The van der Waals surface area contributed by atoms with E-state index in [4.69, 9.17) is 17.3 Å². The first kappa shape index (κ1) is 12.8. The van der Waals surface area contributed by atoms with Gasteiger partial charge in [0.1, 0.15) is 6.04 Å². The van der Waals surface area contributed by atoms with Crippen molar-refractivity contribution in [1.82, 2.24) is 15.2 Å². The summed E-state index contributed by atoms with van der Waals surface area (Å²) in [6, 6.07) is -0.637. The number of halogens is 1. The molecule has 2 atom stereocenters. The smallest absolute Gasteiger partial charge is 0.378 e. The molecule has 18 heavy (non-hydrogen) atoms. The standard InChI is InChI=1S/C9H13ClN5O3/c1-18-8(17)5-2-4(16)3-15(5)9-12-7(11)6(10)13-14-9/h4-5,10,16H,2-3H2,1H3,(H2,11,12,14)/q+1/t4-,5+/m1/s1. The van der Waals surface area contributed by atoms with Crippen LogP contribution < -0.4 is 10.6 Å². The molecule has 2 heterocycles. The van der Waals surface area contributed by atoms with Crippen molar-refractivity contribution < 1.29 is 26.2 Å². The Morgan fingerprint density at radius 1 is 1.61 bits per heavy atom. The highest BCUT2D eigenvalue weighted by Crippen LogP contribution is 2.24. The van der Waals surface area contributed by atoms with Crippen molar-refractivity contribution in [2.75, 3.05) is 24.3 Å². The van der Waals surface area contributed by atoms with Gasteiger partial charge < -0.3 is 20.5 Å². The molecule has 3 N–H and O–H groups in total. The number of carbonyl (C=O) groups excluding carboxylic acids is 1. The van der Waals surface area contributed by atoms with E-state index in [1.807, 2.05) is 0 Å². The lowest BCUT2D eigenvalue weighted by Gasteiger charge is -2.21. The molecule has 0 saturated carbocycles. The fourth-order valence-corrected chi connectivity index (χ4v) is 1.92. The van der Waals surface area contributed by atoms with Crippen LogP contribution in [0.1, 0.15) is 6.42 Å². The second-order valence-corrected chi connectivity index (χ2v) is 4.27. The van der Waals surface area contributed by atoms with Crippen LogP contribution in [0.5, 0.6) is 0 Å². The molecule has 1 saturated heterocycles. The van der Waals surface area contributed by atoms with E-state index >= 15 is 0 Å². The van der Waals surface area contributed by atoms with Crippen LogP contribution in [0.25, 0.3) is 0 Å². The third kappa shape index (κ3) is 2.29. The molecule has 1 fully saturated rings. The summed E-state index contributed by atoms with van der Waals surface area (Å²) >= 11 is 4.79. The number of hydrogen-bond acceptors (Lipinski definition) is 8. The summed E-state index contributed by atoms with van der Waals surface area (Å²) in [6.07, 6.45) is -0.395. The maximum Gasteiger partial charge on any atom is 0.378 e. The van der Waals surface area contributed by atoms with Crippen molar-refractivity contribution in [3.63, 3.8) is 0 Å². The average molecular weight is 275 g/mol. The predicted octanol–water partition coefficient (Wildman–Crippen LogP) is -1.74. The third-order valence-corrected chi connectivity index (χ3v) is 2.97. The fourth-order valence-electron chi connectivity index (χ4n) is 1.84. The zero-order valence-electron chi connectivity index (χ0n) is 9.61. The summed E-state index contributed by atoms with van der Waals surface area (Å²) in [4.78, 5) is 17.1. The summed E-state index contributed by atoms with van der Waals surface area (Å²) in [6.45, 7) is 0.220. The number of aliphatic hydroxyl groups excluding tert-OH is 1. The molecular formula is C9H13ClN5O3+. The van der Waals surface area contributed by atoms with Crippen LogP contribution in [-0.4, -0.2) is 52.1 Å². The summed E-state index contributed by atoms with van der Waals surface area (Å²) < 4.78 is 4.67. The zero-order chi connectivity index (χ0) is 13.3. The Morgan fingerprint density at radius 3 is 2.94 bits per heavy atom. The molecular weight excluding hydrogens is 262 g/mol. The number of methoxy groups -OCH3 is 1. The van der Waals surface area contributed by atoms with Gasteiger partial charge in [0.05, 0.1) is 13.2 Å². The molecule has 0 radical (unpaired) electrons. The Balaban J connectivity index is 2.29. The topological polar surface area (TPSA) is 114 Å². The lowest BCUT2D eigenvalue weighted by atomic mass is 10.2. The fraction of sp³-hybridized carbons (Fsp3) is 0.556. The van der Waals surface area contributed by atoms with Gasteiger partial charge in [0.15, 0.2) is 11.6 Å². The highest BCUT2D eigenvalue weighted by Gasteiger charge is 2.38. The molecule has 0 amide bonds. The molecule has 0 aliphatic carbocycles. The third-order valence-electron chi connectivity index (χ3n) is 2.68. The van der Waals surface area contributed by atoms with E-state index in [1.54, 1.807) is 0 Å². The van der Waals surface area contributed by atoms with Crippen molar-refractivity contribution in [3.05, 3.63) is 5.15 Å². The summed E-state index contributed by atoms with van der Waals surface area (Å²) in [5.41, 5.74) is 5.55. The molecule has 0 aromatic carbocycles. The number of nitrogen functional groups attached to an aromatic ring is 1. The highest BCUT2D eigenvalue weighted by atomic mass is 35.5. The van der Waals surface area contributed by atoms with Gasteiger partial charge in [-0.2, -0.15) is 4.98 Å². The minimum atomic E-state index is -0.651. The molecule has 0 bridgehead atoms. The first-order valence-electron chi connectivity index (χ1n) is 5.22. The van der Waals surface area contributed by atoms with E-state index < -0.39 is 18.1 Å². The van der Waals surface area contributed by atoms with Crippen LogP contribution in [0, 0.1) is 11.6 Å². The monoisotopic (exact) mass is 274 g/mol. The van der Waals surface area contributed by atoms with E-state index in [1.165, 1.54) is 12.0 Å². The van der Waals surface area contributed by atoms with Gasteiger partial charge >= 0.3 is 11.1 Å². The van der Waals surface area contributed by atoms with Gasteiger partial charge in [0.25, 0.3) is 0 Å². The molecule has 0 unspecified atom stereocenters. The Morgan fingerprint density at radius 2 is 2.33 bits per heavy atom. The molecule has 0 spiro atoms. The van der Waals surface area contributed by atoms with Gasteiger partial charge in [-0.1, -0.05) is 5.10 Å². The van der Waals surface area contributed by atoms with Crippen molar-refractivity contribution in [3.8, 4) is 0 Å². The zero-order valence-corrected chi connectivity index (χ0v) is 10.4. The normalized spacial score (nSPS) is 23.2. The number of aromatic nitrogens is 3. The predicted molar refractivity (Wildman–Crippen MR) is 58.6 cm³/mol. The van der Waals surface area contributed by atoms with Crippen LogP contribution in [0.3, 0.4) is 0 Å². The quantitative estimate of drug-likeness (QED) is 0.611. The van der Waals surface area contributed by atoms with Crippen molar-refractivity contribution in [2.45, 2.75) is 18.6 Å². The van der Waals surface area contributed by atoms with Crippen molar-refractivity contribution in [2.24, 2.45) is 0 Å². The number of nitrogens with two attached hydrogens (primary N) is 1. The van der Waals surface area contributed by atoms with Gasteiger partial charge in [-0.3, -0.25) is 0 Å². The number of nitrogens with zero attached hydrogens (tertiary/aromatic N) is 4.